The zero-order valence-corrected chi connectivity index (χ0v) is 24.8. The number of hydrogen-bond donors (Lipinski definition) is 2. The number of aryl methyl sites for hydroxylation is 1. The Kier molecular flexibility index (Phi) is 7.32. The van der Waals surface area contributed by atoms with Crippen LogP contribution in [-0.2, 0) is 19.8 Å². The first-order chi connectivity index (χ1) is 18.7. The summed E-state index contributed by atoms with van der Waals surface area (Å²) in [7, 11) is -3.29. The van der Waals surface area contributed by atoms with E-state index in [0.29, 0.717) is 45.0 Å². The van der Waals surface area contributed by atoms with E-state index in [-0.39, 0.29) is 21.5 Å². The number of benzene rings is 1. The maximum absolute atomic E-state index is 13.4. The Morgan fingerprint density at radius 3 is 2.52 bits per heavy atom. The summed E-state index contributed by atoms with van der Waals surface area (Å²) in [5.41, 5.74) is 1.78. The molecule has 5 rings (SSSR count). The third-order valence-corrected chi connectivity index (χ3v) is 11.3. The SMILES string of the molecule is Cc1cc(-c2cc(S(=O)(=O)NC3(C)CC3)cn3c(-c4nnc(C(F)F)s4)ncc23)ccc1S(=N)(=O)CCN(C)C. The highest BCUT2D eigenvalue weighted by atomic mass is 32.2. The molecule has 214 valence electrons. The number of alkyl halides is 2. The van der Waals surface area contributed by atoms with E-state index in [1.54, 1.807) is 25.1 Å². The first-order valence-corrected chi connectivity index (χ1v) is 16.4. The van der Waals surface area contributed by atoms with E-state index in [4.69, 9.17) is 4.78 Å². The Morgan fingerprint density at radius 2 is 1.93 bits per heavy atom. The summed E-state index contributed by atoms with van der Waals surface area (Å²) in [6, 6.07) is 6.67. The molecule has 1 aromatic carbocycles. The van der Waals surface area contributed by atoms with Crippen LogP contribution in [0.4, 0.5) is 8.78 Å². The number of nitrogens with zero attached hydrogens (tertiary/aromatic N) is 5. The van der Waals surface area contributed by atoms with Crippen molar-refractivity contribution in [3.05, 3.63) is 47.2 Å². The number of hydrogen-bond acceptors (Lipinski definition) is 9. The Labute approximate surface area is 235 Å². The largest absolute Gasteiger partial charge is 0.308 e. The van der Waals surface area contributed by atoms with Gasteiger partial charge in [0.2, 0.25) is 10.0 Å². The number of halogens is 2. The molecule has 1 unspecified atom stereocenters. The van der Waals surface area contributed by atoms with E-state index in [9.17, 15) is 21.4 Å². The second kappa shape index (κ2) is 10.2. The summed E-state index contributed by atoms with van der Waals surface area (Å²) < 4.78 is 79.2. The molecule has 0 spiro atoms. The molecule has 10 nitrogen and oxygen atoms in total. The van der Waals surface area contributed by atoms with Crippen LogP contribution in [0.1, 0.15) is 36.8 Å². The topological polar surface area (TPSA) is 133 Å². The van der Waals surface area contributed by atoms with Crippen molar-refractivity contribution < 1.29 is 21.4 Å². The summed E-state index contributed by atoms with van der Waals surface area (Å²) in [5, 5.41) is 7.07. The van der Waals surface area contributed by atoms with Crippen molar-refractivity contribution in [3.8, 4) is 22.0 Å². The fourth-order valence-electron chi connectivity index (χ4n) is 4.30. The van der Waals surface area contributed by atoms with Crippen LogP contribution >= 0.6 is 11.3 Å². The van der Waals surface area contributed by atoms with Gasteiger partial charge in [0.05, 0.1) is 31.2 Å². The second-order valence-electron chi connectivity index (χ2n) is 10.5. The molecular formula is C25H29F2N7O3S3. The predicted octanol–water partition coefficient (Wildman–Crippen LogP) is 4.56. The number of rotatable bonds is 10. The van der Waals surface area contributed by atoms with Gasteiger partial charge in [-0.3, -0.25) is 4.40 Å². The van der Waals surface area contributed by atoms with Crippen LogP contribution in [0.25, 0.3) is 27.5 Å². The van der Waals surface area contributed by atoms with Crippen LogP contribution in [0.5, 0.6) is 0 Å². The van der Waals surface area contributed by atoms with Gasteiger partial charge in [-0.15, -0.1) is 10.2 Å². The monoisotopic (exact) mass is 609 g/mol. The third-order valence-electron chi connectivity index (χ3n) is 6.79. The van der Waals surface area contributed by atoms with Crippen LogP contribution in [-0.4, -0.2) is 69.0 Å². The summed E-state index contributed by atoms with van der Waals surface area (Å²) in [4.78, 5) is 6.65. The van der Waals surface area contributed by atoms with Crippen LogP contribution in [0.15, 0.2) is 46.5 Å². The minimum Gasteiger partial charge on any atom is -0.308 e. The van der Waals surface area contributed by atoms with Gasteiger partial charge in [-0.25, -0.2) is 35.9 Å². The molecule has 0 radical (unpaired) electrons. The number of pyridine rings is 1. The van der Waals surface area contributed by atoms with Gasteiger partial charge in [-0.1, -0.05) is 23.5 Å². The van der Waals surface area contributed by atoms with Gasteiger partial charge in [-0.2, -0.15) is 0 Å². The number of sulfonamides is 1. The zero-order valence-electron chi connectivity index (χ0n) is 22.3. The van der Waals surface area contributed by atoms with Gasteiger partial charge < -0.3 is 4.90 Å². The lowest BCUT2D eigenvalue weighted by Crippen LogP contribution is -2.34. The molecule has 0 saturated heterocycles. The van der Waals surface area contributed by atoms with E-state index in [2.05, 4.69) is 19.9 Å². The summed E-state index contributed by atoms with van der Waals surface area (Å²) >= 11 is 0.685. The predicted molar refractivity (Wildman–Crippen MR) is 150 cm³/mol. The molecule has 1 fully saturated rings. The van der Waals surface area contributed by atoms with Crippen molar-refractivity contribution in [3.63, 3.8) is 0 Å². The average Bonchev–Trinajstić information content (AvgIpc) is 3.24. The van der Waals surface area contributed by atoms with E-state index in [1.807, 2.05) is 25.9 Å². The maximum Gasteiger partial charge on any atom is 0.291 e. The molecular weight excluding hydrogens is 581 g/mol. The average molecular weight is 610 g/mol. The highest BCUT2D eigenvalue weighted by Crippen LogP contribution is 2.38. The number of imidazole rings is 1. The molecule has 1 saturated carbocycles. The molecule has 0 aliphatic heterocycles. The van der Waals surface area contributed by atoms with Crippen molar-refractivity contribution in [2.24, 2.45) is 0 Å². The molecule has 40 heavy (non-hydrogen) atoms. The summed E-state index contributed by atoms with van der Waals surface area (Å²) in [5.74, 6) is 0.360. The third kappa shape index (κ3) is 5.65. The van der Waals surface area contributed by atoms with Crippen molar-refractivity contribution in [2.45, 2.75) is 48.4 Å². The molecule has 2 N–H and O–H groups in total. The van der Waals surface area contributed by atoms with Gasteiger partial charge in [0.25, 0.3) is 6.43 Å². The molecule has 0 amide bonds. The fraction of sp³-hybridized carbons (Fsp3) is 0.400. The van der Waals surface area contributed by atoms with Crippen molar-refractivity contribution >= 4 is 36.6 Å². The molecule has 1 aliphatic rings. The Balaban J connectivity index is 1.66. The first-order valence-electron chi connectivity index (χ1n) is 12.4. The molecule has 1 aliphatic carbocycles. The fourth-order valence-corrected chi connectivity index (χ4v) is 8.19. The molecule has 1 atom stereocenters. The number of fused-ring (bicyclic) bond motifs is 1. The minimum atomic E-state index is -3.95. The molecule has 3 aromatic heterocycles. The summed E-state index contributed by atoms with van der Waals surface area (Å²) in [6.07, 6.45) is 1.57. The van der Waals surface area contributed by atoms with Crippen LogP contribution < -0.4 is 4.72 Å². The lowest BCUT2D eigenvalue weighted by molar-refractivity contribution is 0.150. The smallest absolute Gasteiger partial charge is 0.291 e. The molecule has 0 bridgehead atoms. The first kappa shape index (κ1) is 28.7. The maximum atomic E-state index is 13.4. The van der Waals surface area contributed by atoms with Crippen molar-refractivity contribution in [1.82, 2.24) is 29.2 Å². The second-order valence-corrected chi connectivity index (χ2v) is 15.4. The Bertz CT molecular complexity index is 1810. The molecule has 15 heteroatoms. The van der Waals surface area contributed by atoms with Gasteiger partial charge in [0.1, 0.15) is 0 Å². The minimum absolute atomic E-state index is 0.0297. The Hall–Kier alpha value is -2.85. The van der Waals surface area contributed by atoms with Crippen LogP contribution in [0.3, 0.4) is 0 Å². The normalized spacial score (nSPS) is 16.6. The number of nitrogens with one attached hydrogen (secondary N) is 2. The summed E-state index contributed by atoms with van der Waals surface area (Å²) in [6.45, 7) is 4.09. The van der Waals surface area contributed by atoms with E-state index < -0.39 is 36.7 Å². The lowest BCUT2D eigenvalue weighted by Gasteiger charge is -2.17. The molecule has 3 heterocycles. The van der Waals surface area contributed by atoms with Gasteiger partial charge in [0.15, 0.2) is 15.8 Å². The lowest BCUT2D eigenvalue weighted by atomic mass is 10.0. The number of aromatic nitrogens is 4. The van der Waals surface area contributed by atoms with Crippen molar-refractivity contribution in [1.29, 1.82) is 4.78 Å². The van der Waals surface area contributed by atoms with Gasteiger partial charge in [0, 0.05) is 29.6 Å². The highest BCUT2D eigenvalue weighted by Gasteiger charge is 2.41. The van der Waals surface area contributed by atoms with Crippen molar-refractivity contribution in [2.75, 3.05) is 26.4 Å². The highest BCUT2D eigenvalue weighted by molar-refractivity contribution is 7.92. The zero-order chi connectivity index (χ0) is 29.0. The quantitative estimate of drug-likeness (QED) is 0.269. The van der Waals surface area contributed by atoms with E-state index >= 15 is 0 Å². The molecule has 4 aromatic rings. The Morgan fingerprint density at radius 1 is 1.20 bits per heavy atom. The van der Waals surface area contributed by atoms with E-state index in [0.717, 1.165) is 12.8 Å². The van der Waals surface area contributed by atoms with Crippen LogP contribution in [0, 0.1) is 11.7 Å². The van der Waals surface area contributed by atoms with E-state index in [1.165, 1.54) is 22.9 Å². The van der Waals surface area contributed by atoms with Crippen LogP contribution in [0.2, 0.25) is 0 Å². The standard InChI is InChI=1S/C25H29F2N7O3S3/c1-15-11-16(5-6-20(15)39(28,35)10-9-33(3)4)18-12-17(40(36,37)32-25(2)7-8-25)14-34-19(18)13-29-22(34)24-31-30-23(38-24)21(26)27/h5-6,11-14,21,28,32H,7-10H2,1-4H3. The van der Waals surface area contributed by atoms with Gasteiger partial charge >= 0.3 is 0 Å². The van der Waals surface area contributed by atoms with Gasteiger partial charge in [-0.05, 0) is 64.0 Å².